The fourth-order valence-electron chi connectivity index (χ4n) is 3.33. The second-order valence-corrected chi connectivity index (χ2v) is 7.20. The highest BCUT2D eigenvalue weighted by Crippen LogP contribution is 2.16. The molecular weight excluding hydrogens is 364 g/mol. The highest BCUT2D eigenvalue weighted by atomic mass is 16.2. The van der Waals surface area contributed by atoms with Crippen molar-refractivity contribution in [3.63, 3.8) is 0 Å². The van der Waals surface area contributed by atoms with Gasteiger partial charge in [0.1, 0.15) is 0 Å². The minimum absolute atomic E-state index is 0.130. The minimum Gasteiger partial charge on any atom is -0.345 e. The third-order valence-electron chi connectivity index (χ3n) is 4.80. The molecule has 2 aromatic heterocycles. The molecule has 6 nitrogen and oxygen atoms in total. The van der Waals surface area contributed by atoms with E-state index in [2.05, 4.69) is 10.3 Å². The van der Waals surface area contributed by atoms with E-state index < -0.39 is 0 Å². The molecule has 0 atom stereocenters. The van der Waals surface area contributed by atoms with Gasteiger partial charge >= 0.3 is 0 Å². The Morgan fingerprint density at radius 2 is 1.72 bits per heavy atom. The number of amides is 2. The topological polar surface area (TPSA) is 66.7 Å². The van der Waals surface area contributed by atoms with Crippen molar-refractivity contribution in [2.75, 3.05) is 13.1 Å². The lowest BCUT2D eigenvalue weighted by Crippen LogP contribution is -2.33. The number of hydrogen-bond acceptors (Lipinski definition) is 3. The van der Waals surface area contributed by atoms with Crippen LogP contribution in [-0.2, 0) is 6.54 Å². The van der Waals surface area contributed by atoms with Gasteiger partial charge in [0.2, 0.25) is 5.82 Å². The van der Waals surface area contributed by atoms with Crippen molar-refractivity contribution in [3.05, 3.63) is 71.3 Å². The predicted octanol–water partition coefficient (Wildman–Crippen LogP) is 3.83. The van der Waals surface area contributed by atoms with Crippen molar-refractivity contribution in [3.8, 4) is 0 Å². The van der Waals surface area contributed by atoms with E-state index in [0.717, 1.165) is 18.4 Å². The molecule has 29 heavy (non-hydrogen) atoms. The van der Waals surface area contributed by atoms with E-state index in [4.69, 9.17) is 0 Å². The fourth-order valence-corrected chi connectivity index (χ4v) is 3.33. The summed E-state index contributed by atoms with van der Waals surface area (Å²) in [6.07, 6.45) is 3.52. The van der Waals surface area contributed by atoms with Gasteiger partial charge in [0.15, 0.2) is 5.69 Å². The Bertz CT molecular complexity index is 986. The van der Waals surface area contributed by atoms with E-state index in [9.17, 15) is 9.59 Å². The summed E-state index contributed by atoms with van der Waals surface area (Å²) in [5, 5.41) is 2.91. The van der Waals surface area contributed by atoms with E-state index in [0.29, 0.717) is 30.8 Å². The third-order valence-corrected chi connectivity index (χ3v) is 4.80. The summed E-state index contributed by atoms with van der Waals surface area (Å²) in [7, 11) is 0. The third kappa shape index (κ3) is 4.65. The first kappa shape index (κ1) is 20.6. The molecular formula is C23H28N4O2. The number of nitrogens with one attached hydrogen (secondary N) is 1. The number of aromatic nitrogens is 2. The molecule has 6 heteroatoms. The molecule has 0 aliphatic heterocycles. The van der Waals surface area contributed by atoms with Gasteiger partial charge < -0.3 is 10.2 Å². The number of benzene rings is 1. The SMILES string of the molecule is CCCN(CCC)C(=O)c1nc(C(=O)NCc2ccc(C)cc2)n2ccccc12. The van der Waals surface area contributed by atoms with Crippen LogP contribution in [0.5, 0.6) is 0 Å². The Morgan fingerprint density at radius 1 is 1.03 bits per heavy atom. The van der Waals surface area contributed by atoms with Crippen LogP contribution in [0.25, 0.3) is 5.52 Å². The average molecular weight is 393 g/mol. The van der Waals surface area contributed by atoms with Gasteiger partial charge in [0.25, 0.3) is 11.8 Å². The molecule has 1 aromatic carbocycles. The number of nitrogens with zero attached hydrogens (tertiary/aromatic N) is 3. The van der Waals surface area contributed by atoms with Gasteiger partial charge in [-0.3, -0.25) is 14.0 Å². The molecule has 152 valence electrons. The van der Waals surface area contributed by atoms with Gasteiger partial charge in [-0.1, -0.05) is 49.7 Å². The molecule has 2 heterocycles. The van der Waals surface area contributed by atoms with Gasteiger partial charge in [-0.25, -0.2) is 4.98 Å². The maximum atomic E-state index is 13.1. The normalized spacial score (nSPS) is 10.9. The number of pyridine rings is 1. The number of imidazole rings is 1. The molecule has 0 bridgehead atoms. The summed E-state index contributed by atoms with van der Waals surface area (Å²) in [6, 6.07) is 13.5. The first-order chi connectivity index (χ1) is 14.0. The van der Waals surface area contributed by atoms with E-state index >= 15 is 0 Å². The van der Waals surface area contributed by atoms with Crippen LogP contribution in [0.2, 0.25) is 0 Å². The zero-order valence-electron chi connectivity index (χ0n) is 17.3. The van der Waals surface area contributed by atoms with Gasteiger partial charge in [-0.05, 0) is 37.5 Å². The summed E-state index contributed by atoms with van der Waals surface area (Å²) in [4.78, 5) is 32.2. The first-order valence-electron chi connectivity index (χ1n) is 10.1. The molecule has 0 unspecified atom stereocenters. The molecule has 0 radical (unpaired) electrons. The molecule has 0 aliphatic carbocycles. The summed E-state index contributed by atoms with van der Waals surface area (Å²) in [5.74, 6) is -0.206. The van der Waals surface area contributed by atoms with Crippen LogP contribution in [0.3, 0.4) is 0 Å². The standard InChI is InChI=1S/C23H28N4O2/c1-4-13-26(14-5-2)23(29)20-19-8-6-7-15-27(19)21(25-20)22(28)24-16-18-11-9-17(3)10-12-18/h6-12,15H,4-5,13-14,16H2,1-3H3,(H,24,28). The van der Waals surface area contributed by atoms with Gasteiger partial charge in [0.05, 0.1) is 5.52 Å². The van der Waals surface area contributed by atoms with Crippen molar-refractivity contribution >= 4 is 17.3 Å². The van der Waals surface area contributed by atoms with E-state index in [1.165, 1.54) is 5.56 Å². The Hall–Kier alpha value is -3.15. The Labute approximate surface area is 171 Å². The Morgan fingerprint density at radius 3 is 2.38 bits per heavy atom. The maximum Gasteiger partial charge on any atom is 0.287 e. The largest absolute Gasteiger partial charge is 0.345 e. The molecule has 1 N–H and O–H groups in total. The maximum absolute atomic E-state index is 13.1. The van der Waals surface area contributed by atoms with Crippen molar-refractivity contribution in [1.29, 1.82) is 0 Å². The zero-order chi connectivity index (χ0) is 20.8. The summed E-state index contributed by atoms with van der Waals surface area (Å²) < 4.78 is 1.69. The average Bonchev–Trinajstić information content (AvgIpc) is 3.12. The second-order valence-electron chi connectivity index (χ2n) is 7.20. The molecule has 0 spiro atoms. The molecule has 0 saturated heterocycles. The van der Waals surface area contributed by atoms with Gasteiger partial charge in [-0.15, -0.1) is 0 Å². The van der Waals surface area contributed by atoms with Crippen molar-refractivity contribution < 1.29 is 9.59 Å². The lowest BCUT2D eigenvalue weighted by Gasteiger charge is -2.20. The van der Waals surface area contributed by atoms with E-state index in [-0.39, 0.29) is 17.6 Å². The van der Waals surface area contributed by atoms with Crippen LogP contribution in [0.4, 0.5) is 0 Å². The van der Waals surface area contributed by atoms with Crippen LogP contribution in [0.1, 0.15) is 58.9 Å². The second kappa shape index (κ2) is 9.37. The highest BCUT2D eigenvalue weighted by Gasteiger charge is 2.24. The number of aryl methyl sites for hydroxylation is 1. The first-order valence-corrected chi connectivity index (χ1v) is 10.1. The van der Waals surface area contributed by atoms with Crippen LogP contribution < -0.4 is 5.32 Å². The minimum atomic E-state index is -0.302. The zero-order valence-corrected chi connectivity index (χ0v) is 17.3. The van der Waals surface area contributed by atoms with E-state index in [1.807, 2.05) is 68.1 Å². The number of carbonyl (C=O) groups excluding carboxylic acids is 2. The number of carbonyl (C=O) groups is 2. The van der Waals surface area contributed by atoms with Crippen LogP contribution in [0, 0.1) is 6.92 Å². The van der Waals surface area contributed by atoms with Crippen LogP contribution in [0.15, 0.2) is 48.7 Å². The summed E-state index contributed by atoms with van der Waals surface area (Å²) in [5.41, 5.74) is 3.16. The molecule has 0 fully saturated rings. The monoisotopic (exact) mass is 392 g/mol. The summed E-state index contributed by atoms with van der Waals surface area (Å²) in [6.45, 7) is 7.87. The lowest BCUT2D eigenvalue weighted by atomic mass is 10.1. The van der Waals surface area contributed by atoms with E-state index in [1.54, 1.807) is 10.6 Å². The lowest BCUT2D eigenvalue weighted by molar-refractivity contribution is 0.0752. The van der Waals surface area contributed by atoms with Crippen LogP contribution >= 0.6 is 0 Å². The van der Waals surface area contributed by atoms with Crippen LogP contribution in [-0.4, -0.2) is 39.2 Å². The number of fused-ring (bicyclic) bond motifs is 1. The Balaban J connectivity index is 1.87. The quantitative estimate of drug-likeness (QED) is 0.633. The highest BCUT2D eigenvalue weighted by molar-refractivity contribution is 6.02. The number of rotatable bonds is 8. The predicted molar refractivity (Wildman–Crippen MR) is 114 cm³/mol. The Kier molecular flexibility index (Phi) is 6.65. The molecule has 3 aromatic rings. The van der Waals surface area contributed by atoms with Crippen molar-refractivity contribution in [2.24, 2.45) is 0 Å². The molecule has 0 saturated carbocycles. The number of hydrogen-bond donors (Lipinski definition) is 1. The molecule has 2 amide bonds. The van der Waals surface area contributed by atoms with Gasteiger partial charge in [-0.2, -0.15) is 0 Å². The summed E-state index contributed by atoms with van der Waals surface area (Å²) >= 11 is 0. The van der Waals surface area contributed by atoms with Crippen molar-refractivity contribution in [2.45, 2.75) is 40.2 Å². The van der Waals surface area contributed by atoms with Crippen molar-refractivity contribution in [1.82, 2.24) is 19.6 Å². The fraction of sp³-hybridized carbons (Fsp3) is 0.348. The molecule has 3 rings (SSSR count). The van der Waals surface area contributed by atoms with Gasteiger partial charge in [0, 0.05) is 25.8 Å². The smallest absolute Gasteiger partial charge is 0.287 e. The molecule has 0 aliphatic rings.